The second-order valence-electron chi connectivity index (χ2n) is 4.98. The molecule has 5 heteroatoms. The molecular formula is C13H20N2O3. The molecule has 2 saturated heterocycles. The van der Waals surface area contributed by atoms with Crippen LogP contribution in [-0.4, -0.2) is 47.2 Å². The first-order valence-corrected chi connectivity index (χ1v) is 6.79. The predicted molar refractivity (Wildman–Crippen MR) is 65.6 cm³/mol. The van der Waals surface area contributed by atoms with Crippen LogP contribution >= 0.6 is 0 Å². The zero-order valence-corrected chi connectivity index (χ0v) is 10.7. The van der Waals surface area contributed by atoms with Crippen LogP contribution in [0.5, 0.6) is 0 Å². The summed E-state index contributed by atoms with van der Waals surface area (Å²) in [6, 6.07) is 0. The Bertz CT molecular complexity index is 330. The quantitative estimate of drug-likeness (QED) is 0.702. The van der Waals surface area contributed by atoms with Gasteiger partial charge in [0.2, 0.25) is 17.7 Å². The standard InChI is InChI=1S/C13H20N2O3/c16-11(14-8-3-1-2-4-9-14)7-10-15-12(17)5-6-13(15)18/h1-10H2. The number of amides is 3. The van der Waals surface area contributed by atoms with E-state index >= 15 is 0 Å². The maximum atomic E-state index is 12.0. The second-order valence-corrected chi connectivity index (χ2v) is 4.98. The monoisotopic (exact) mass is 252 g/mol. The van der Waals surface area contributed by atoms with Gasteiger partial charge in [-0.15, -0.1) is 0 Å². The average Bonchev–Trinajstić information content (AvgIpc) is 2.61. The highest BCUT2D eigenvalue weighted by atomic mass is 16.2. The summed E-state index contributed by atoms with van der Waals surface area (Å²) in [6.07, 6.45) is 5.38. The van der Waals surface area contributed by atoms with Gasteiger partial charge in [0.15, 0.2) is 0 Å². The van der Waals surface area contributed by atoms with Crippen LogP contribution in [0.15, 0.2) is 0 Å². The van der Waals surface area contributed by atoms with Gasteiger partial charge in [0.25, 0.3) is 0 Å². The van der Waals surface area contributed by atoms with Gasteiger partial charge >= 0.3 is 0 Å². The molecule has 0 radical (unpaired) electrons. The number of hydrogen-bond donors (Lipinski definition) is 0. The van der Waals surface area contributed by atoms with Crippen molar-refractivity contribution in [2.45, 2.75) is 44.9 Å². The van der Waals surface area contributed by atoms with Gasteiger partial charge in [-0.25, -0.2) is 0 Å². The Kier molecular flexibility index (Phi) is 4.33. The third-order valence-electron chi connectivity index (χ3n) is 3.66. The summed E-state index contributed by atoms with van der Waals surface area (Å²) in [5, 5.41) is 0. The van der Waals surface area contributed by atoms with Crippen molar-refractivity contribution in [1.82, 2.24) is 9.80 Å². The molecule has 2 rings (SSSR count). The third-order valence-corrected chi connectivity index (χ3v) is 3.66. The summed E-state index contributed by atoms with van der Waals surface area (Å²) in [7, 11) is 0. The molecule has 5 nitrogen and oxygen atoms in total. The van der Waals surface area contributed by atoms with E-state index in [4.69, 9.17) is 0 Å². The smallest absolute Gasteiger partial charge is 0.229 e. The molecule has 0 aromatic rings. The van der Waals surface area contributed by atoms with Gasteiger partial charge in [-0.1, -0.05) is 12.8 Å². The van der Waals surface area contributed by atoms with Crippen LogP contribution in [0.3, 0.4) is 0 Å². The minimum absolute atomic E-state index is 0.0735. The van der Waals surface area contributed by atoms with Crippen molar-refractivity contribution in [2.75, 3.05) is 19.6 Å². The Morgan fingerprint density at radius 2 is 1.50 bits per heavy atom. The van der Waals surface area contributed by atoms with Gasteiger partial charge in [-0.3, -0.25) is 19.3 Å². The van der Waals surface area contributed by atoms with E-state index in [-0.39, 0.29) is 30.7 Å². The fourth-order valence-corrected chi connectivity index (χ4v) is 2.56. The first-order chi connectivity index (χ1) is 8.68. The van der Waals surface area contributed by atoms with Gasteiger partial charge in [-0.2, -0.15) is 0 Å². The Morgan fingerprint density at radius 3 is 2.06 bits per heavy atom. The third kappa shape index (κ3) is 3.09. The highest BCUT2D eigenvalue weighted by Gasteiger charge is 2.29. The van der Waals surface area contributed by atoms with Crippen molar-refractivity contribution >= 4 is 17.7 Å². The highest BCUT2D eigenvalue weighted by Crippen LogP contribution is 2.14. The van der Waals surface area contributed by atoms with Gasteiger partial charge in [0, 0.05) is 38.9 Å². The number of imide groups is 1. The van der Waals surface area contributed by atoms with E-state index in [0.717, 1.165) is 25.9 Å². The molecule has 2 heterocycles. The normalized spacial score (nSPS) is 21.3. The summed E-state index contributed by atoms with van der Waals surface area (Å²) >= 11 is 0. The van der Waals surface area contributed by atoms with Crippen molar-refractivity contribution in [2.24, 2.45) is 0 Å². The zero-order valence-electron chi connectivity index (χ0n) is 10.7. The van der Waals surface area contributed by atoms with Gasteiger partial charge in [0.05, 0.1) is 0 Å². The summed E-state index contributed by atoms with van der Waals surface area (Å²) < 4.78 is 0. The molecule has 100 valence electrons. The minimum atomic E-state index is -0.135. The Labute approximate surface area is 107 Å². The van der Waals surface area contributed by atoms with Crippen LogP contribution in [0, 0.1) is 0 Å². The molecular weight excluding hydrogens is 232 g/mol. The van der Waals surface area contributed by atoms with Crippen molar-refractivity contribution in [3.05, 3.63) is 0 Å². The van der Waals surface area contributed by atoms with Crippen molar-refractivity contribution < 1.29 is 14.4 Å². The number of rotatable bonds is 3. The summed E-state index contributed by atoms with van der Waals surface area (Å²) in [6.45, 7) is 1.90. The Balaban J connectivity index is 1.80. The fraction of sp³-hybridized carbons (Fsp3) is 0.769. The lowest BCUT2D eigenvalue weighted by Gasteiger charge is -2.21. The summed E-state index contributed by atoms with van der Waals surface area (Å²) in [5.74, 6) is -0.197. The van der Waals surface area contributed by atoms with E-state index in [1.54, 1.807) is 0 Å². The Hall–Kier alpha value is -1.39. The average molecular weight is 252 g/mol. The molecule has 0 atom stereocenters. The molecule has 3 amide bonds. The maximum Gasteiger partial charge on any atom is 0.229 e. The van der Waals surface area contributed by atoms with Crippen molar-refractivity contribution in [3.63, 3.8) is 0 Å². The lowest BCUT2D eigenvalue weighted by molar-refractivity contribution is -0.139. The van der Waals surface area contributed by atoms with Crippen LogP contribution in [0.2, 0.25) is 0 Å². The molecule has 0 aromatic carbocycles. The molecule has 0 aliphatic carbocycles. The SMILES string of the molecule is O=C(CCN1C(=O)CCC1=O)N1CCCCCC1. The molecule has 0 spiro atoms. The largest absolute Gasteiger partial charge is 0.343 e. The first-order valence-electron chi connectivity index (χ1n) is 6.79. The second kappa shape index (κ2) is 5.98. The van der Waals surface area contributed by atoms with Crippen molar-refractivity contribution in [3.8, 4) is 0 Å². The molecule has 0 aromatic heterocycles. The van der Waals surface area contributed by atoms with E-state index in [9.17, 15) is 14.4 Å². The van der Waals surface area contributed by atoms with Crippen molar-refractivity contribution in [1.29, 1.82) is 0 Å². The van der Waals surface area contributed by atoms with Crippen LogP contribution in [0.4, 0.5) is 0 Å². The van der Waals surface area contributed by atoms with E-state index < -0.39 is 0 Å². The molecule has 0 saturated carbocycles. The number of hydrogen-bond acceptors (Lipinski definition) is 3. The summed E-state index contributed by atoms with van der Waals surface area (Å²) in [5.41, 5.74) is 0. The lowest BCUT2D eigenvalue weighted by Crippen LogP contribution is -2.37. The molecule has 0 bridgehead atoms. The highest BCUT2D eigenvalue weighted by molar-refractivity contribution is 6.02. The number of carbonyl (C=O) groups excluding carboxylic acids is 3. The molecule has 2 aliphatic heterocycles. The number of likely N-dealkylation sites (tertiary alicyclic amines) is 2. The lowest BCUT2D eigenvalue weighted by atomic mass is 10.2. The van der Waals surface area contributed by atoms with Crippen LogP contribution < -0.4 is 0 Å². The predicted octanol–water partition coefficient (Wildman–Crippen LogP) is 0.928. The molecule has 0 unspecified atom stereocenters. The fourth-order valence-electron chi connectivity index (χ4n) is 2.56. The zero-order chi connectivity index (χ0) is 13.0. The van der Waals surface area contributed by atoms with E-state index in [1.165, 1.54) is 17.7 Å². The minimum Gasteiger partial charge on any atom is -0.343 e. The van der Waals surface area contributed by atoms with Crippen LogP contribution in [0.1, 0.15) is 44.9 Å². The van der Waals surface area contributed by atoms with Gasteiger partial charge in [-0.05, 0) is 12.8 Å². The molecule has 0 N–H and O–H groups in total. The van der Waals surface area contributed by atoms with E-state index in [1.807, 2.05) is 4.90 Å². The number of carbonyl (C=O) groups is 3. The Morgan fingerprint density at radius 1 is 0.944 bits per heavy atom. The maximum absolute atomic E-state index is 12.0. The van der Waals surface area contributed by atoms with Gasteiger partial charge < -0.3 is 4.90 Å². The molecule has 2 aliphatic rings. The number of nitrogens with zero attached hydrogens (tertiary/aromatic N) is 2. The summed E-state index contributed by atoms with van der Waals surface area (Å²) in [4.78, 5) is 37.9. The van der Waals surface area contributed by atoms with Crippen LogP contribution in [-0.2, 0) is 14.4 Å². The molecule has 18 heavy (non-hydrogen) atoms. The van der Waals surface area contributed by atoms with Gasteiger partial charge in [0.1, 0.15) is 0 Å². The van der Waals surface area contributed by atoms with Crippen LogP contribution in [0.25, 0.3) is 0 Å². The molecule has 2 fully saturated rings. The first kappa shape index (κ1) is 13.1. The van der Waals surface area contributed by atoms with E-state index in [2.05, 4.69) is 0 Å². The topological polar surface area (TPSA) is 57.7 Å². The van der Waals surface area contributed by atoms with E-state index in [0.29, 0.717) is 12.8 Å².